The number of hydrogen-bond donors (Lipinski definition) is 0. The molecule has 0 atom stereocenters. The zero-order valence-electron chi connectivity index (χ0n) is 54.4. The smallest absolute Gasteiger partial charge is 0.164 e. The summed E-state index contributed by atoms with van der Waals surface area (Å²) >= 11 is 0. The third kappa shape index (κ3) is 8.24. The fourth-order valence-electron chi connectivity index (χ4n) is 16.3. The second kappa shape index (κ2) is 21.7. The van der Waals surface area contributed by atoms with Gasteiger partial charge >= 0.3 is 0 Å². The molecule has 0 bridgehead atoms. The molecule has 0 aliphatic carbocycles. The van der Waals surface area contributed by atoms with Crippen molar-refractivity contribution in [3.63, 3.8) is 0 Å². The minimum absolute atomic E-state index is 0.529. The van der Waals surface area contributed by atoms with Crippen molar-refractivity contribution in [1.29, 1.82) is 0 Å². The van der Waals surface area contributed by atoms with Gasteiger partial charge in [-0.25, -0.2) is 15.0 Å². The third-order valence-corrected chi connectivity index (χ3v) is 20.6. The van der Waals surface area contributed by atoms with Crippen molar-refractivity contribution >= 4 is 131 Å². The van der Waals surface area contributed by atoms with Crippen LogP contribution in [0.2, 0.25) is 0 Å². The van der Waals surface area contributed by atoms with E-state index in [1.807, 2.05) is 85.5 Å². The molecular formula is C89H53N13. The van der Waals surface area contributed by atoms with E-state index in [2.05, 4.69) is 264 Å². The van der Waals surface area contributed by atoms with Crippen molar-refractivity contribution < 1.29 is 0 Å². The monoisotopic (exact) mass is 1300 g/mol. The molecule has 0 fully saturated rings. The van der Waals surface area contributed by atoms with E-state index in [1.54, 1.807) is 0 Å². The Morgan fingerprint density at radius 1 is 0.167 bits per heavy atom. The van der Waals surface area contributed by atoms with E-state index in [0.29, 0.717) is 17.5 Å². The highest BCUT2D eigenvalue weighted by molar-refractivity contribution is 6.16. The Labute approximate surface area is 580 Å². The maximum atomic E-state index is 5.48. The lowest BCUT2D eigenvalue weighted by molar-refractivity contribution is 1.07. The quantitative estimate of drug-likeness (QED) is 0.141. The molecule has 0 radical (unpaired) electrons. The number of nitrogens with zero attached hydrogens (tertiary/aromatic N) is 13. The van der Waals surface area contributed by atoms with Crippen LogP contribution < -0.4 is 0 Å². The molecule has 13 nitrogen and oxygen atoms in total. The van der Waals surface area contributed by atoms with Crippen LogP contribution in [0, 0.1) is 0 Å². The van der Waals surface area contributed by atoms with Crippen LogP contribution in [0.3, 0.4) is 0 Å². The summed E-state index contributed by atoms with van der Waals surface area (Å²) in [5, 5.41) is 8.66. The summed E-state index contributed by atoms with van der Waals surface area (Å²) in [7, 11) is 0. The Bertz CT molecular complexity index is 6290. The Balaban J connectivity index is 0.850. The lowest BCUT2D eigenvalue weighted by Gasteiger charge is -2.17. The van der Waals surface area contributed by atoms with Gasteiger partial charge < -0.3 is 27.4 Å². The Hall–Kier alpha value is -14.2. The maximum Gasteiger partial charge on any atom is 0.164 e. The van der Waals surface area contributed by atoms with Crippen molar-refractivity contribution in [2.45, 2.75) is 0 Å². The molecule has 11 aromatic carbocycles. The van der Waals surface area contributed by atoms with Crippen LogP contribution in [0.15, 0.2) is 322 Å². The number of pyridine rings is 4. The number of benzene rings is 11. The van der Waals surface area contributed by atoms with Crippen LogP contribution in [0.25, 0.3) is 200 Å². The first-order valence-corrected chi connectivity index (χ1v) is 34.2. The highest BCUT2D eigenvalue weighted by Crippen LogP contribution is 2.44. The molecule has 0 N–H and O–H groups in total. The largest absolute Gasteiger partial charge is 0.309 e. The Morgan fingerprint density at radius 3 is 0.716 bits per heavy atom. The normalized spacial score (nSPS) is 12.1. The average Bonchev–Trinajstić information content (AvgIpc) is 1.56. The van der Waals surface area contributed by atoms with Gasteiger partial charge in [0.15, 0.2) is 17.5 Å². The summed E-state index contributed by atoms with van der Waals surface area (Å²) < 4.78 is 14.3. The van der Waals surface area contributed by atoms with E-state index in [1.165, 1.54) is 0 Å². The molecule has 22 aromatic rings. The minimum Gasteiger partial charge on any atom is -0.309 e. The Kier molecular flexibility index (Phi) is 11.9. The van der Waals surface area contributed by atoms with E-state index >= 15 is 0 Å². The lowest BCUT2D eigenvalue weighted by Crippen LogP contribution is -2.04. The second-order valence-corrected chi connectivity index (χ2v) is 26.1. The maximum absolute atomic E-state index is 5.48. The van der Waals surface area contributed by atoms with Gasteiger partial charge in [0, 0.05) is 119 Å². The fraction of sp³-hybridized carbons (Fsp3) is 0. The zero-order valence-corrected chi connectivity index (χ0v) is 54.4. The van der Waals surface area contributed by atoms with Gasteiger partial charge in [-0.3, -0.25) is 19.9 Å². The van der Waals surface area contributed by atoms with Crippen molar-refractivity contribution in [3.05, 3.63) is 322 Å². The lowest BCUT2D eigenvalue weighted by atomic mass is 10.1. The average molecular weight is 1300 g/mol. The van der Waals surface area contributed by atoms with Crippen LogP contribution in [0.1, 0.15) is 0 Å². The molecule has 13 heteroatoms. The number of para-hydroxylation sites is 4. The van der Waals surface area contributed by atoms with E-state index in [0.717, 1.165) is 182 Å². The zero-order chi connectivity index (χ0) is 66.7. The Morgan fingerprint density at radius 2 is 0.412 bits per heavy atom. The van der Waals surface area contributed by atoms with Crippen LogP contribution in [-0.4, -0.2) is 62.3 Å². The molecule has 0 saturated carbocycles. The molecule has 0 aliphatic heterocycles. The highest BCUT2D eigenvalue weighted by atomic mass is 15.1. The molecule has 0 saturated heterocycles. The number of fused-ring (bicyclic) bond motifs is 18. The predicted molar refractivity (Wildman–Crippen MR) is 413 cm³/mol. The SMILES string of the molecule is c1ccc(-c2nc(-c3ccccc3)nc(-c3cc(-n4c5ccc(-n6c7ccccc7c7ncccc76)cc5c5cc(-n6c7ccccc7c7ncccc76)ccc54)cc(-n4c5ccc(-n6c7ccccc7c7ncccc76)cc5c5cc(-n6c7ccccc7c7ncccc76)ccc54)c3)n2)cc1. The topological polar surface area (TPSA) is 120 Å². The molecule has 11 heterocycles. The van der Waals surface area contributed by atoms with E-state index in [-0.39, 0.29) is 0 Å². The number of hydrogen-bond acceptors (Lipinski definition) is 7. The van der Waals surface area contributed by atoms with Crippen molar-refractivity contribution in [3.8, 4) is 68.3 Å². The van der Waals surface area contributed by atoms with Crippen molar-refractivity contribution in [2.24, 2.45) is 0 Å². The summed E-state index contributed by atoms with van der Waals surface area (Å²) in [5.41, 5.74) is 24.8. The molecule has 102 heavy (non-hydrogen) atoms. The van der Waals surface area contributed by atoms with Gasteiger partial charge in [0.25, 0.3) is 0 Å². The van der Waals surface area contributed by atoms with Gasteiger partial charge in [0.1, 0.15) is 0 Å². The van der Waals surface area contributed by atoms with Crippen LogP contribution in [0.5, 0.6) is 0 Å². The van der Waals surface area contributed by atoms with Crippen LogP contribution in [-0.2, 0) is 0 Å². The third-order valence-electron chi connectivity index (χ3n) is 20.6. The van der Waals surface area contributed by atoms with E-state index < -0.39 is 0 Å². The second-order valence-electron chi connectivity index (χ2n) is 26.1. The van der Waals surface area contributed by atoms with Gasteiger partial charge in [0.2, 0.25) is 0 Å². The fourth-order valence-corrected chi connectivity index (χ4v) is 16.3. The summed E-state index contributed by atoms with van der Waals surface area (Å²) in [5.74, 6) is 1.67. The van der Waals surface area contributed by atoms with E-state index in [9.17, 15) is 0 Å². The molecule has 11 aromatic heterocycles. The van der Waals surface area contributed by atoms with Gasteiger partial charge in [0.05, 0.1) is 88.3 Å². The molecule has 0 unspecified atom stereocenters. The minimum atomic E-state index is 0.529. The predicted octanol–water partition coefficient (Wildman–Crippen LogP) is 21.0. The van der Waals surface area contributed by atoms with Crippen LogP contribution in [0.4, 0.5) is 0 Å². The highest BCUT2D eigenvalue weighted by Gasteiger charge is 2.25. The molecule has 0 aliphatic rings. The van der Waals surface area contributed by atoms with E-state index in [4.69, 9.17) is 34.9 Å². The number of aromatic nitrogens is 13. The number of rotatable bonds is 9. The van der Waals surface area contributed by atoms with Crippen molar-refractivity contribution in [2.75, 3.05) is 0 Å². The van der Waals surface area contributed by atoms with Crippen LogP contribution >= 0.6 is 0 Å². The standard InChI is InChI=1S/C89H53N13/c1-3-19-54(20-4-1)87-94-88(55-21-5-2-6-22-55)96-89(95-87)56-47-61(101-75-39-35-57(97-71-27-11-7-23-63(71)83-79(97)31-15-43-90-83)50-67(75)68-51-58(36-40-76(68)101)98-72-28-12-8-24-64(72)84-80(98)32-16-44-91-84)49-62(48-56)102-77-41-37-59(99-73-29-13-9-25-65(73)85-81(99)33-17-45-92-85)52-69(77)70-53-60(38-42-78(70)102)100-74-30-14-10-26-66(74)86-82(100)34-18-46-93-86/h1-53H. The summed E-state index contributed by atoms with van der Waals surface area (Å²) in [6.07, 6.45) is 7.54. The molecule has 22 rings (SSSR count). The summed E-state index contributed by atoms with van der Waals surface area (Å²) in [6.45, 7) is 0. The van der Waals surface area contributed by atoms with Gasteiger partial charge in [-0.1, -0.05) is 133 Å². The van der Waals surface area contributed by atoms with Gasteiger partial charge in [-0.05, 0) is 164 Å². The molecular weight excluding hydrogens is 1250 g/mol. The molecule has 0 amide bonds. The first-order chi connectivity index (χ1) is 50.6. The first kappa shape index (κ1) is 55.9. The first-order valence-electron chi connectivity index (χ1n) is 34.2. The summed E-state index contributed by atoms with van der Waals surface area (Å²) in [4.78, 5) is 36.0. The molecule has 0 spiro atoms. The summed E-state index contributed by atoms with van der Waals surface area (Å²) in [6, 6.07) is 106. The molecule has 474 valence electrons. The van der Waals surface area contributed by atoms with Gasteiger partial charge in [-0.2, -0.15) is 0 Å². The van der Waals surface area contributed by atoms with Crippen molar-refractivity contribution in [1.82, 2.24) is 62.3 Å². The van der Waals surface area contributed by atoms with Gasteiger partial charge in [-0.15, -0.1) is 0 Å².